The first-order valence-corrected chi connectivity index (χ1v) is 9.90. The van der Waals surface area contributed by atoms with Gasteiger partial charge in [-0.15, -0.1) is 0 Å². The SMILES string of the molecule is CCCCCC.CCCCCC.Cc1nn2c(c1C)NCCC2. The van der Waals surface area contributed by atoms with Crippen LogP contribution in [0.25, 0.3) is 0 Å². The van der Waals surface area contributed by atoms with Crippen LogP contribution in [0.15, 0.2) is 0 Å². The van der Waals surface area contributed by atoms with Gasteiger partial charge in [-0.1, -0.05) is 79.1 Å². The van der Waals surface area contributed by atoms with Crippen molar-refractivity contribution in [2.24, 2.45) is 0 Å². The molecule has 0 spiro atoms. The summed E-state index contributed by atoms with van der Waals surface area (Å²) in [4.78, 5) is 0. The standard InChI is InChI=1S/C8H13N3.2C6H14/c1-6-7(2)10-11-5-3-4-9-8(6)11;2*1-3-5-6-4-2/h9H,3-5H2,1-2H3;2*3-6H2,1-2H3. The maximum absolute atomic E-state index is 4.40. The monoisotopic (exact) mass is 323 g/mol. The summed E-state index contributed by atoms with van der Waals surface area (Å²) in [7, 11) is 0. The predicted octanol–water partition coefficient (Wildman–Crippen LogP) is 6.49. The molecule has 1 aliphatic rings. The fourth-order valence-corrected chi connectivity index (χ4v) is 2.49. The van der Waals surface area contributed by atoms with Gasteiger partial charge >= 0.3 is 0 Å². The van der Waals surface area contributed by atoms with Gasteiger partial charge in [0.2, 0.25) is 0 Å². The molecule has 0 saturated carbocycles. The highest BCUT2D eigenvalue weighted by atomic mass is 15.3. The van der Waals surface area contributed by atoms with Crippen LogP contribution in [0.3, 0.4) is 0 Å². The molecule has 1 N–H and O–H groups in total. The molecular formula is C20H41N3. The third-order valence-electron chi connectivity index (χ3n) is 4.18. The molecule has 0 saturated heterocycles. The Morgan fingerprint density at radius 2 is 1.35 bits per heavy atom. The number of fused-ring (bicyclic) bond motifs is 1. The number of unbranched alkanes of at least 4 members (excludes halogenated alkanes) is 6. The average molecular weight is 324 g/mol. The maximum Gasteiger partial charge on any atom is 0.127 e. The molecule has 136 valence electrons. The van der Waals surface area contributed by atoms with E-state index in [2.05, 4.69) is 56.6 Å². The number of aromatic nitrogens is 2. The summed E-state index contributed by atoms with van der Waals surface area (Å²) >= 11 is 0. The zero-order valence-electron chi connectivity index (χ0n) is 16.7. The molecule has 0 aliphatic carbocycles. The van der Waals surface area contributed by atoms with Crippen molar-refractivity contribution >= 4 is 5.82 Å². The van der Waals surface area contributed by atoms with Gasteiger partial charge in [-0.3, -0.25) is 0 Å². The summed E-state index contributed by atoms with van der Waals surface area (Å²) in [5.74, 6) is 1.22. The number of hydrogen-bond acceptors (Lipinski definition) is 2. The number of aryl methyl sites for hydroxylation is 2. The number of nitrogens with zero attached hydrogens (tertiary/aromatic N) is 2. The number of rotatable bonds is 6. The molecule has 0 unspecified atom stereocenters. The Bertz CT molecular complexity index is 366. The minimum absolute atomic E-state index is 1.07. The minimum Gasteiger partial charge on any atom is -0.370 e. The van der Waals surface area contributed by atoms with Gasteiger partial charge in [0.05, 0.1) is 5.69 Å². The maximum atomic E-state index is 4.40. The third-order valence-corrected chi connectivity index (χ3v) is 4.18. The Morgan fingerprint density at radius 3 is 1.74 bits per heavy atom. The van der Waals surface area contributed by atoms with Crippen LogP contribution in [0, 0.1) is 13.8 Å². The molecule has 1 aromatic heterocycles. The normalized spacial score (nSPS) is 12.3. The van der Waals surface area contributed by atoms with E-state index in [0.717, 1.165) is 18.8 Å². The quantitative estimate of drug-likeness (QED) is 0.606. The molecular weight excluding hydrogens is 282 g/mol. The van der Waals surface area contributed by atoms with Crippen LogP contribution in [-0.4, -0.2) is 16.3 Å². The fraction of sp³-hybridized carbons (Fsp3) is 0.850. The van der Waals surface area contributed by atoms with Crippen molar-refractivity contribution in [3.05, 3.63) is 11.3 Å². The summed E-state index contributed by atoms with van der Waals surface area (Å²) in [6.07, 6.45) is 12.3. The third kappa shape index (κ3) is 9.68. The van der Waals surface area contributed by atoms with E-state index in [0.29, 0.717) is 0 Å². The van der Waals surface area contributed by atoms with Crippen LogP contribution in [-0.2, 0) is 6.54 Å². The van der Waals surface area contributed by atoms with Crippen molar-refractivity contribution < 1.29 is 0 Å². The Labute approximate surface area is 145 Å². The Kier molecular flexibility index (Phi) is 14.0. The average Bonchev–Trinajstić information content (AvgIpc) is 2.87. The zero-order valence-corrected chi connectivity index (χ0v) is 16.7. The highest BCUT2D eigenvalue weighted by Crippen LogP contribution is 2.20. The highest BCUT2D eigenvalue weighted by molar-refractivity contribution is 5.47. The first-order chi connectivity index (χ1) is 11.1. The van der Waals surface area contributed by atoms with E-state index in [4.69, 9.17) is 0 Å². The van der Waals surface area contributed by atoms with Gasteiger partial charge in [0.15, 0.2) is 0 Å². The van der Waals surface area contributed by atoms with Crippen LogP contribution < -0.4 is 5.32 Å². The van der Waals surface area contributed by atoms with Crippen molar-refractivity contribution in [1.82, 2.24) is 9.78 Å². The molecule has 3 nitrogen and oxygen atoms in total. The summed E-state index contributed by atoms with van der Waals surface area (Å²) in [6, 6.07) is 0. The number of hydrogen-bond donors (Lipinski definition) is 1. The lowest BCUT2D eigenvalue weighted by atomic mass is 10.2. The van der Waals surface area contributed by atoms with E-state index in [1.807, 2.05) is 0 Å². The topological polar surface area (TPSA) is 29.9 Å². The highest BCUT2D eigenvalue weighted by Gasteiger charge is 2.13. The lowest BCUT2D eigenvalue weighted by Gasteiger charge is -2.15. The van der Waals surface area contributed by atoms with Gasteiger partial charge in [-0.25, -0.2) is 4.68 Å². The van der Waals surface area contributed by atoms with Gasteiger partial charge < -0.3 is 5.32 Å². The number of nitrogens with one attached hydrogen (secondary N) is 1. The smallest absolute Gasteiger partial charge is 0.127 e. The second-order valence-electron chi connectivity index (χ2n) is 6.48. The molecule has 3 heteroatoms. The van der Waals surface area contributed by atoms with Gasteiger partial charge in [0, 0.05) is 18.7 Å². The Balaban J connectivity index is 0.000000349. The fourth-order valence-electron chi connectivity index (χ4n) is 2.49. The van der Waals surface area contributed by atoms with Gasteiger partial charge in [0.1, 0.15) is 5.82 Å². The van der Waals surface area contributed by atoms with E-state index in [1.54, 1.807) is 0 Å². The summed E-state index contributed by atoms with van der Waals surface area (Å²) < 4.78 is 2.06. The first kappa shape index (κ1) is 22.0. The molecule has 1 aliphatic heterocycles. The van der Waals surface area contributed by atoms with Gasteiger partial charge in [-0.05, 0) is 20.3 Å². The summed E-state index contributed by atoms with van der Waals surface area (Å²) in [6.45, 7) is 15.3. The molecule has 0 radical (unpaired) electrons. The van der Waals surface area contributed by atoms with Crippen molar-refractivity contribution in [3.63, 3.8) is 0 Å². The second kappa shape index (κ2) is 14.6. The zero-order chi connectivity index (χ0) is 17.5. The van der Waals surface area contributed by atoms with Gasteiger partial charge in [-0.2, -0.15) is 5.10 Å². The largest absolute Gasteiger partial charge is 0.370 e. The van der Waals surface area contributed by atoms with Crippen molar-refractivity contribution in [3.8, 4) is 0 Å². The molecule has 0 atom stereocenters. The molecule has 2 heterocycles. The first-order valence-electron chi connectivity index (χ1n) is 9.90. The molecule has 23 heavy (non-hydrogen) atoms. The van der Waals surface area contributed by atoms with Crippen LogP contribution >= 0.6 is 0 Å². The van der Waals surface area contributed by atoms with Crippen molar-refractivity contribution in [1.29, 1.82) is 0 Å². The Hall–Kier alpha value is -0.990. The van der Waals surface area contributed by atoms with Crippen molar-refractivity contribution in [2.45, 2.75) is 106 Å². The molecule has 0 amide bonds. The Morgan fingerprint density at radius 1 is 0.870 bits per heavy atom. The summed E-state index contributed by atoms with van der Waals surface area (Å²) in [5.41, 5.74) is 2.44. The predicted molar refractivity (Wildman–Crippen MR) is 104 cm³/mol. The molecule has 0 bridgehead atoms. The van der Waals surface area contributed by atoms with Crippen LogP contribution in [0.4, 0.5) is 5.82 Å². The molecule has 0 fully saturated rings. The van der Waals surface area contributed by atoms with Crippen LogP contribution in [0.1, 0.15) is 96.7 Å². The van der Waals surface area contributed by atoms with Crippen LogP contribution in [0.2, 0.25) is 0 Å². The lowest BCUT2D eigenvalue weighted by molar-refractivity contribution is 0.564. The summed E-state index contributed by atoms with van der Waals surface area (Å²) in [5, 5.41) is 7.76. The van der Waals surface area contributed by atoms with E-state index in [1.165, 1.54) is 69.2 Å². The lowest BCUT2D eigenvalue weighted by Crippen LogP contribution is -2.17. The van der Waals surface area contributed by atoms with Gasteiger partial charge in [0.25, 0.3) is 0 Å². The second-order valence-corrected chi connectivity index (χ2v) is 6.48. The van der Waals surface area contributed by atoms with Crippen LogP contribution in [0.5, 0.6) is 0 Å². The number of anilines is 1. The molecule has 0 aromatic carbocycles. The van der Waals surface area contributed by atoms with E-state index in [-0.39, 0.29) is 0 Å². The molecule has 2 rings (SSSR count). The minimum atomic E-state index is 1.07. The van der Waals surface area contributed by atoms with E-state index in [9.17, 15) is 0 Å². The molecule has 1 aromatic rings. The van der Waals surface area contributed by atoms with E-state index >= 15 is 0 Å². The van der Waals surface area contributed by atoms with Crippen molar-refractivity contribution in [2.75, 3.05) is 11.9 Å². The van der Waals surface area contributed by atoms with E-state index < -0.39 is 0 Å².